The Kier molecular flexibility index (Phi) is 7.37. The number of nitrogen functional groups attached to an aromatic ring is 1. The van der Waals surface area contributed by atoms with Gasteiger partial charge in [0.05, 0.1) is 0 Å². The van der Waals surface area contributed by atoms with Gasteiger partial charge in [0.2, 0.25) is 0 Å². The van der Waals surface area contributed by atoms with Crippen LogP contribution < -0.4 is 11.1 Å². The lowest BCUT2D eigenvalue weighted by molar-refractivity contribution is -0.150. The molecule has 33 heavy (non-hydrogen) atoms. The summed E-state index contributed by atoms with van der Waals surface area (Å²) >= 11 is 2.21. The van der Waals surface area contributed by atoms with Gasteiger partial charge in [-0.3, -0.25) is 14.5 Å². The summed E-state index contributed by atoms with van der Waals surface area (Å²) in [6, 6.07) is -1.07. The fourth-order valence-corrected chi connectivity index (χ4v) is 4.85. The number of carboxylic acids is 1. The van der Waals surface area contributed by atoms with Gasteiger partial charge < -0.3 is 30.6 Å². The predicted octanol–water partition coefficient (Wildman–Crippen LogP) is -0.190. The van der Waals surface area contributed by atoms with Crippen molar-refractivity contribution in [3.8, 4) is 0 Å². The number of oxime groups is 1. The van der Waals surface area contributed by atoms with Crippen molar-refractivity contribution in [3.63, 3.8) is 0 Å². The SMILES string of the molecule is CN(C)C(=O)OCC1=C(C(=O)O)N2C(=O)C(NC(=O)/C(=N\OCF)c3csc(N)n3)[C@@H]2SC1. The molecule has 0 bridgehead atoms. The maximum Gasteiger partial charge on any atom is 0.409 e. The number of aliphatic carboxylic acids is 1. The highest BCUT2D eigenvalue weighted by atomic mass is 32.2. The molecule has 2 aliphatic rings. The average Bonchev–Trinajstić information content (AvgIpc) is 3.20. The summed E-state index contributed by atoms with van der Waals surface area (Å²) in [7, 11) is 2.95. The number of nitrogens with zero attached hydrogens (tertiary/aromatic N) is 4. The Hall–Kier alpha value is -3.40. The van der Waals surface area contributed by atoms with Crippen LogP contribution in [0.3, 0.4) is 0 Å². The molecule has 0 aliphatic carbocycles. The summed E-state index contributed by atoms with van der Waals surface area (Å²) in [6.07, 6.45) is -0.663. The number of amides is 3. The van der Waals surface area contributed by atoms with Crippen molar-refractivity contribution in [1.29, 1.82) is 0 Å². The normalized spacial score (nSPS) is 20.0. The van der Waals surface area contributed by atoms with Crippen molar-refractivity contribution >= 4 is 57.8 Å². The summed E-state index contributed by atoms with van der Waals surface area (Å²) in [4.78, 5) is 59.4. The van der Waals surface area contributed by atoms with E-state index >= 15 is 0 Å². The predicted molar refractivity (Wildman–Crippen MR) is 115 cm³/mol. The van der Waals surface area contributed by atoms with E-state index in [9.17, 15) is 28.7 Å². The summed E-state index contributed by atoms with van der Waals surface area (Å²) in [5.41, 5.74) is 5.13. The number of hydrogen-bond donors (Lipinski definition) is 3. The van der Waals surface area contributed by atoms with Crippen LogP contribution in [0, 0.1) is 0 Å². The Morgan fingerprint density at radius 2 is 2.18 bits per heavy atom. The molecule has 0 spiro atoms. The molecule has 4 N–H and O–H groups in total. The lowest BCUT2D eigenvalue weighted by Crippen LogP contribution is -2.71. The quantitative estimate of drug-likeness (QED) is 0.245. The van der Waals surface area contributed by atoms with Gasteiger partial charge in [0, 0.05) is 30.8 Å². The van der Waals surface area contributed by atoms with Gasteiger partial charge in [-0.05, 0) is 0 Å². The third-order valence-electron chi connectivity index (χ3n) is 4.46. The minimum atomic E-state index is -1.37. The number of aromatic nitrogens is 1. The zero-order valence-electron chi connectivity index (χ0n) is 17.3. The van der Waals surface area contributed by atoms with Crippen LogP contribution in [-0.2, 0) is 24.0 Å². The molecular weight excluding hydrogens is 483 g/mol. The molecule has 0 radical (unpaired) electrons. The number of rotatable bonds is 8. The van der Waals surface area contributed by atoms with E-state index in [1.807, 2.05) is 0 Å². The number of β-lactam (4-membered cyclic amide) rings is 1. The average molecular weight is 503 g/mol. The van der Waals surface area contributed by atoms with Crippen LogP contribution in [0.2, 0.25) is 0 Å². The van der Waals surface area contributed by atoms with Crippen LogP contribution in [0.5, 0.6) is 0 Å². The van der Waals surface area contributed by atoms with E-state index in [1.54, 1.807) is 0 Å². The number of anilines is 1. The highest BCUT2D eigenvalue weighted by Crippen LogP contribution is 2.40. The highest BCUT2D eigenvalue weighted by molar-refractivity contribution is 8.00. The Labute approximate surface area is 194 Å². The van der Waals surface area contributed by atoms with Crippen molar-refractivity contribution in [3.05, 3.63) is 22.3 Å². The number of halogens is 1. The zero-order valence-corrected chi connectivity index (χ0v) is 18.9. The first kappa shape index (κ1) is 24.2. The molecule has 1 aromatic heterocycles. The minimum absolute atomic E-state index is 0.0273. The first-order valence-electron chi connectivity index (χ1n) is 9.18. The van der Waals surface area contributed by atoms with E-state index in [-0.39, 0.29) is 34.5 Å². The number of carboxylic acid groups (broad SMARTS) is 1. The van der Waals surface area contributed by atoms with Crippen molar-refractivity contribution in [1.82, 2.24) is 20.1 Å². The third kappa shape index (κ3) is 5.00. The van der Waals surface area contributed by atoms with Crippen LogP contribution in [0.1, 0.15) is 5.69 Å². The first-order valence-corrected chi connectivity index (χ1v) is 11.1. The number of nitrogens with one attached hydrogen (secondary N) is 1. The van der Waals surface area contributed by atoms with Gasteiger partial charge in [0.15, 0.2) is 10.8 Å². The minimum Gasteiger partial charge on any atom is -0.477 e. The van der Waals surface area contributed by atoms with E-state index in [1.165, 1.54) is 36.1 Å². The van der Waals surface area contributed by atoms with Crippen molar-refractivity contribution in [2.45, 2.75) is 11.4 Å². The van der Waals surface area contributed by atoms with Gasteiger partial charge in [0.1, 0.15) is 29.4 Å². The molecule has 3 heterocycles. The van der Waals surface area contributed by atoms with E-state index < -0.39 is 47.9 Å². The van der Waals surface area contributed by atoms with Gasteiger partial charge >= 0.3 is 12.1 Å². The van der Waals surface area contributed by atoms with E-state index in [0.717, 1.165) is 16.2 Å². The molecule has 16 heteroatoms. The van der Waals surface area contributed by atoms with Crippen LogP contribution >= 0.6 is 23.1 Å². The standard InChI is InChI=1S/C17H19FN6O7S2/c1-23(2)17(29)30-3-7-4-32-14-10(13(26)24(14)11(7)15(27)28)21-12(25)9(22-31-6-18)8-5-33-16(19)20-8/h5,10,14H,3-4,6H2,1-2H3,(H2,19,20)(H,21,25)(H,27,28)/b22-9-/t10?,14-/m0/s1. The third-order valence-corrected chi connectivity index (χ3v) is 6.47. The second-order valence-electron chi connectivity index (χ2n) is 6.82. The number of carbonyl (C=O) groups excluding carboxylic acids is 3. The number of thioether (sulfide) groups is 1. The number of alkyl halides is 1. The van der Waals surface area contributed by atoms with Crippen molar-refractivity contribution in [2.24, 2.45) is 5.16 Å². The van der Waals surface area contributed by atoms with Gasteiger partial charge in [-0.2, -0.15) is 0 Å². The molecule has 0 aromatic carbocycles. The molecule has 0 saturated carbocycles. The topological polar surface area (TPSA) is 177 Å². The smallest absolute Gasteiger partial charge is 0.409 e. The molecule has 1 unspecified atom stereocenters. The van der Waals surface area contributed by atoms with Crippen LogP contribution in [0.15, 0.2) is 21.8 Å². The molecule has 3 amide bonds. The fraction of sp³-hybridized carbons (Fsp3) is 0.412. The van der Waals surface area contributed by atoms with Crippen LogP contribution in [-0.4, -0.2) is 94.2 Å². The summed E-state index contributed by atoms with van der Waals surface area (Å²) < 4.78 is 17.5. The largest absolute Gasteiger partial charge is 0.477 e. The van der Waals surface area contributed by atoms with Gasteiger partial charge in [-0.15, -0.1) is 23.1 Å². The number of nitrogens with two attached hydrogens (primary N) is 1. The Morgan fingerprint density at radius 3 is 2.76 bits per heavy atom. The zero-order chi connectivity index (χ0) is 24.3. The molecular formula is C17H19FN6O7S2. The summed E-state index contributed by atoms with van der Waals surface area (Å²) in [5, 5.41) is 16.3. The number of ether oxygens (including phenoxy) is 1. The van der Waals surface area contributed by atoms with Gasteiger partial charge in [0.25, 0.3) is 18.7 Å². The summed E-state index contributed by atoms with van der Waals surface area (Å²) in [5.74, 6) is -2.78. The van der Waals surface area contributed by atoms with E-state index in [2.05, 4.69) is 20.3 Å². The highest BCUT2D eigenvalue weighted by Gasteiger charge is 2.54. The monoisotopic (exact) mass is 502 g/mol. The molecule has 1 fully saturated rings. The second-order valence-corrected chi connectivity index (χ2v) is 8.81. The van der Waals surface area contributed by atoms with Crippen molar-refractivity contribution in [2.75, 3.05) is 39.0 Å². The Morgan fingerprint density at radius 1 is 1.45 bits per heavy atom. The first-order chi connectivity index (χ1) is 15.6. The van der Waals surface area contributed by atoms with Gasteiger partial charge in [-0.1, -0.05) is 5.16 Å². The molecule has 3 rings (SSSR count). The summed E-state index contributed by atoms with van der Waals surface area (Å²) in [6.45, 7) is -1.60. The van der Waals surface area contributed by atoms with Crippen molar-refractivity contribution < 1.29 is 38.2 Å². The van der Waals surface area contributed by atoms with Crippen LogP contribution in [0.25, 0.3) is 0 Å². The lowest BCUT2D eigenvalue weighted by atomic mass is 10.0. The molecule has 178 valence electrons. The number of thiazole rings is 1. The molecule has 2 aliphatic heterocycles. The van der Waals surface area contributed by atoms with Crippen LogP contribution in [0.4, 0.5) is 14.3 Å². The molecule has 1 aromatic rings. The fourth-order valence-electron chi connectivity index (χ4n) is 2.97. The second kappa shape index (κ2) is 10.0. The number of carbonyl (C=O) groups is 4. The molecule has 1 saturated heterocycles. The Bertz CT molecular complexity index is 1040. The maximum atomic E-state index is 12.7. The molecule has 2 atom stereocenters. The van der Waals surface area contributed by atoms with Gasteiger partial charge in [-0.25, -0.2) is 19.0 Å². The Balaban J connectivity index is 1.76. The maximum absolute atomic E-state index is 12.7. The van der Waals surface area contributed by atoms with E-state index in [0.29, 0.717) is 0 Å². The lowest BCUT2D eigenvalue weighted by Gasteiger charge is -2.49. The number of fused-ring (bicyclic) bond motifs is 1. The van der Waals surface area contributed by atoms with E-state index in [4.69, 9.17) is 10.5 Å². The number of hydrogen-bond acceptors (Lipinski definition) is 11. The molecule has 13 nitrogen and oxygen atoms in total.